The smallest absolute Gasteiger partial charge is 0.267 e. The summed E-state index contributed by atoms with van der Waals surface area (Å²) < 4.78 is 0. The molecule has 0 aliphatic rings. The normalized spacial score (nSPS) is 11.3. The quantitative estimate of drug-likeness (QED) is 0.658. The van der Waals surface area contributed by atoms with Crippen molar-refractivity contribution in [3.63, 3.8) is 0 Å². The van der Waals surface area contributed by atoms with Gasteiger partial charge in [-0.3, -0.25) is 4.79 Å². The van der Waals surface area contributed by atoms with E-state index < -0.39 is 0 Å². The molecule has 2 aromatic rings. The molecule has 0 spiro atoms. The number of carbonyl (C=O) groups excluding carboxylic acids is 1. The monoisotopic (exact) mass is 320 g/mol. The van der Waals surface area contributed by atoms with Crippen LogP contribution in [0, 0.1) is 6.92 Å². The third-order valence-corrected chi connectivity index (χ3v) is 3.72. The molecule has 0 saturated heterocycles. The van der Waals surface area contributed by atoms with Crippen molar-refractivity contribution < 1.29 is 4.79 Å². The first kappa shape index (κ1) is 15.5. The lowest BCUT2D eigenvalue weighted by molar-refractivity contribution is 0.0955. The lowest BCUT2D eigenvalue weighted by atomic mass is 10.1. The number of rotatable bonds is 3. The third-order valence-electron chi connectivity index (χ3n) is 2.98. The molecule has 21 heavy (non-hydrogen) atoms. The van der Waals surface area contributed by atoms with Crippen LogP contribution in [-0.4, -0.2) is 11.6 Å². The molecular weight excluding hydrogens is 307 g/mol. The molecule has 0 fully saturated rings. The van der Waals surface area contributed by atoms with Gasteiger partial charge in [0.25, 0.3) is 5.91 Å². The molecule has 0 bridgehead atoms. The number of hydrogen-bond acceptors (Lipinski definition) is 2. The number of aryl methyl sites for hydroxylation is 1. The Labute approximate surface area is 133 Å². The largest absolute Gasteiger partial charge is 0.271 e. The Morgan fingerprint density at radius 2 is 1.62 bits per heavy atom. The van der Waals surface area contributed by atoms with E-state index in [9.17, 15) is 4.79 Å². The standard InChI is InChI=1S/C16H14Cl2N2O/c1-10-3-5-12(6-4-10)11(2)19-20-16(21)13-7-8-14(17)15(18)9-13/h3-9H,1-2H3,(H,20,21)/b19-11+. The average Bonchev–Trinajstić information content (AvgIpc) is 2.48. The SMILES string of the molecule is C/C(=N\NC(=O)c1ccc(Cl)c(Cl)c1)c1ccc(C)cc1. The minimum atomic E-state index is -0.333. The summed E-state index contributed by atoms with van der Waals surface area (Å²) in [6.07, 6.45) is 0. The highest BCUT2D eigenvalue weighted by Crippen LogP contribution is 2.22. The van der Waals surface area contributed by atoms with E-state index in [-0.39, 0.29) is 5.91 Å². The van der Waals surface area contributed by atoms with Crippen LogP contribution < -0.4 is 5.43 Å². The van der Waals surface area contributed by atoms with Crippen molar-refractivity contribution in [3.05, 3.63) is 69.2 Å². The Bertz CT molecular complexity index is 694. The van der Waals surface area contributed by atoms with Crippen LogP contribution in [0.1, 0.15) is 28.4 Å². The van der Waals surface area contributed by atoms with Gasteiger partial charge in [0.15, 0.2) is 0 Å². The van der Waals surface area contributed by atoms with E-state index in [1.54, 1.807) is 12.1 Å². The Morgan fingerprint density at radius 3 is 2.24 bits per heavy atom. The van der Waals surface area contributed by atoms with Crippen molar-refractivity contribution >= 4 is 34.8 Å². The fourth-order valence-electron chi connectivity index (χ4n) is 1.70. The molecule has 5 heteroatoms. The minimum absolute atomic E-state index is 0.333. The van der Waals surface area contributed by atoms with E-state index in [1.807, 2.05) is 38.1 Å². The van der Waals surface area contributed by atoms with Crippen LogP contribution in [0.15, 0.2) is 47.6 Å². The number of halogens is 2. The summed E-state index contributed by atoms with van der Waals surface area (Å²) in [5.74, 6) is -0.333. The molecule has 0 radical (unpaired) electrons. The van der Waals surface area contributed by atoms with Crippen molar-refractivity contribution in [2.75, 3.05) is 0 Å². The van der Waals surface area contributed by atoms with Crippen LogP contribution in [-0.2, 0) is 0 Å². The van der Waals surface area contributed by atoms with Gasteiger partial charge in [0.2, 0.25) is 0 Å². The van der Waals surface area contributed by atoms with E-state index in [0.29, 0.717) is 15.6 Å². The van der Waals surface area contributed by atoms with Gasteiger partial charge in [-0.15, -0.1) is 0 Å². The lowest BCUT2D eigenvalue weighted by Gasteiger charge is -2.04. The van der Waals surface area contributed by atoms with E-state index in [1.165, 1.54) is 11.6 Å². The second kappa shape index (κ2) is 6.74. The number of nitrogens with one attached hydrogen (secondary N) is 1. The maximum absolute atomic E-state index is 12.0. The highest BCUT2D eigenvalue weighted by molar-refractivity contribution is 6.42. The zero-order valence-electron chi connectivity index (χ0n) is 11.7. The predicted octanol–water partition coefficient (Wildman–Crippen LogP) is 4.46. The van der Waals surface area contributed by atoms with Crippen molar-refractivity contribution in [2.24, 2.45) is 5.10 Å². The molecule has 0 aliphatic carbocycles. The summed E-state index contributed by atoms with van der Waals surface area (Å²) in [6.45, 7) is 3.85. The first-order chi connectivity index (χ1) is 9.97. The Hall–Kier alpha value is -1.84. The highest BCUT2D eigenvalue weighted by atomic mass is 35.5. The number of amides is 1. The number of hydrogen-bond donors (Lipinski definition) is 1. The van der Waals surface area contributed by atoms with Crippen molar-refractivity contribution in [3.8, 4) is 0 Å². The van der Waals surface area contributed by atoms with E-state index >= 15 is 0 Å². The number of carbonyl (C=O) groups is 1. The van der Waals surface area contributed by atoms with Crippen LogP contribution in [0.2, 0.25) is 10.0 Å². The summed E-state index contributed by atoms with van der Waals surface area (Å²) in [7, 11) is 0. The molecule has 0 aromatic heterocycles. The molecular formula is C16H14Cl2N2O. The molecule has 0 unspecified atom stereocenters. The summed E-state index contributed by atoms with van der Waals surface area (Å²) in [5.41, 5.74) is 5.76. The second-order valence-corrected chi connectivity index (χ2v) is 5.45. The van der Waals surface area contributed by atoms with Gasteiger partial charge in [-0.1, -0.05) is 53.0 Å². The van der Waals surface area contributed by atoms with E-state index in [2.05, 4.69) is 10.5 Å². The van der Waals surface area contributed by atoms with Gasteiger partial charge < -0.3 is 0 Å². The number of benzene rings is 2. The zero-order valence-corrected chi connectivity index (χ0v) is 13.2. The molecule has 1 N–H and O–H groups in total. The summed E-state index contributed by atoms with van der Waals surface area (Å²) in [6, 6.07) is 12.6. The first-order valence-electron chi connectivity index (χ1n) is 6.34. The van der Waals surface area contributed by atoms with Gasteiger partial charge in [-0.05, 0) is 37.6 Å². The number of hydrazone groups is 1. The molecule has 3 nitrogen and oxygen atoms in total. The molecule has 2 aromatic carbocycles. The van der Waals surface area contributed by atoms with Crippen LogP contribution in [0.25, 0.3) is 0 Å². The zero-order chi connectivity index (χ0) is 15.4. The Balaban J connectivity index is 2.10. The fourth-order valence-corrected chi connectivity index (χ4v) is 1.99. The summed E-state index contributed by atoms with van der Waals surface area (Å²) in [5, 5.41) is 4.84. The fraction of sp³-hybridized carbons (Fsp3) is 0.125. The van der Waals surface area contributed by atoms with Gasteiger partial charge in [0.05, 0.1) is 15.8 Å². The topological polar surface area (TPSA) is 41.5 Å². The van der Waals surface area contributed by atoms with Gasteiger partial charge >= 0.3 is 0 Å². The minimum Gasteiger partial charge on any atom is -0.267 e. The van der Waals surface area contributed by atoms with Crippen LogP contribution >= 0.6 is 23.2 Å². The Kier molecular flexibility index (Phi) is 4.99. The average molecular weight is 321 g/mol. The molecule has 0 atom stereocenters. The molecule has 1 amide bonds. The molecule has 2 rings (SSSR count). The van der Waals surface area contributed by atoms with Crippen LogP contribution in [0.4, 0.5) is 0 Å². The molecule has 0 aliphatic heterocycles. The summed E-state index contributed by atoms with van der Waals surface area (Å²) >= 11 is 11.7. The van der Waals surface area contributed by atoms with Crippen molar-refractivity contribution in [1.29, 1.82) is 0 Å². The highest BCUT2D eigenvalue weighted by Gasteiger charge is 2.07. The van der Waals surface area contributed by atoms with E-state index in [0.717, 1.165) is 11.3 Å². The van der Waals surface area contributed by atoms with E-state index in [4.69, 9.17) is 23.2 Å². The van der Waals surface area contributed by atoms with Crippen LogP contribution in [0.5, 0.6) is 0 Å². The first-order valence-corrected chi connectivity index (χ1v) is 7.09. The summed E-state index contributed by atoms with van der Waals surface area (Å²) in [4.78, 5) is 12.0. The van der Waals surface area contributed by atoms with Gasteiger partial charge in [-0.2, -0.15) is 5.10 Å². The third kappa shape index (κ3) is 4.06. The maximum atomic E-state index is 12.0. The van der Waals surface area contributed by atoms with Gasteiger partial charge in [0.1, 0.15) is 0 Å². The maximum Gasteiger partial charge on any atom is 0.271 e. The number of nitrogens with zero attached hydrogens (tertiary/aromatic N) is 1. The van der Waals surface area contributed by atoms with Crippen LogP contribution in [0.3, 0.4) is 0 Å². The Morgan fingerprint density at radius 1 is 1.00 bits per heavy atom. The predicted molar refractivity (Wildman–Crippen MR) is 87.3 cm³/mol. The van der Waals surface area contributed by atoms with Gasteiger partial charge in [-0.25, -0.2) is 5.43 Å². The van der Waals surface area contributed by atoms with Crippen molar-refractivity contribution in [1.82, 2.24) is 5.43 Å². The van der Waals surface area contributed by atoms with Gasteiger partial charge in [0, 0.05) is 5.56 Å². The molecule has 0 heterocycles. The molecule has 108 valence electrons. The molecule has 0 saturated carbocycles. The van der Waals surface area contributed by atoms with Crippen molar-refractivity contribution in [2.45, 2.75) is 13.8 Å². The lowest BCUT2D eigenvalue weighted by Crippen LogP contribution is -2.19. The second-order valence-electron chi connectivity index (χ2n) is 4.63.